The smallest absolute Gasteiger partial charge is 0.323 e. The van der Waals surface area contributed by atoms with Crippen LogP contribution in [0, 0.1) is 6.92 Å². The molecule has 1 saturated carbocycles. The zero-order valence-electron chi connectivity index (χ0n) is 20.2. The first-order valence-electron chi connectivity index (χ1n) is 12.3. The van der Waals surface area contributed by atoms with Crippen LogP contribution in [0.5, 0.6) is 0 Å². The molecule has 1 aliphatic carbocycles. The molecular formula is C27H30N8O. The Labute approximate surface area is 210 Å². The maximum atomic E-state index is 12.2. The van der Waals surface area contributed by atoms with Crippen LogP contribution in [0.25, 0.3) is 0 Å². The van der Waals surface area contributed by atoms with E-state index in [0.29, 0.717) is 23.4 Å². The molecule has 5 rings (SSSR count). The second kappa shape index (κ2) is 10.9. The van der Waals surface area contributed by atoms with Crippen molar-refractivity contribution < 1.29 is 4.79 Å². The second-order valence-electron chi connectivity index (χ2n) is 9.03. The Morgan fingerprint density at radius 2 is 1.50 bits per heavy atom. The van der Waals surface area contributed by atoms with Crippen molar-refractivity contribution in [2.24, 2.45) is 0 Å². The van der Waals surface area contributed by atoms with Crippen LogP contribution in [0.4, 0.5) is 39.4 Å². The van der Waals surface area contributed by atoms with Crippen molar-refractivity contribution in [2.75, 3.05) is 21.3 Å². The summed E-state index contributed by atoms with van der Waals surface area (Å²) in [5.74, 6) is 2.46. The van der Waals surface area contributed by atoms with Gasteiger partial charge in [-0.3, -0.25) is 5.10 Å². The molecule has 2 amide bonds. The third-order valence-electron chi connectivity index (χ3n) is 6.18. The highest BCUT2D eigenvalue weighted by Crippen LogP contribution is 2.32. The Hall–Kier alpha value is -4.40. The van der Waals surface area contributed by atoms with Gasteiger partial charge in [-0.1, -0.05) is 37.5 Å². The lowest BCUT2D eigenvalue weighted by Crippen LogP contribution is -2.19. The summed E-state index contributed by atoms with van der Waals surface area (Å²) in [6, 6.07) is 20.3. The van der Waals surface area contributed by atoms with E-state index in [9.17, 15) is 4.79 Å². The molecule has 2 heterocycles. The summed E-state index contributed by atoms with van der Waals surface area (Å²) >= 11 is 0. The minimum Gasteiger partial charge on any atom is -0.324 e. The number of hydrogen-bond acceptors (Lipinski definition) is 6. The topological polar surface area (TPSA) is 120 Å². The molecule has 9 heteroatoms. The molecule has 184 valence electrons. The van der Waals surface area contributed by atoms with Crippen LogP contribution in [0.3, 0.4) is 0 Å². The number of anilines is 6. The largest absolute Gasteiger partial charge is 0.324 e. The molecule has 0 bridgehead atoms. The number of aromatic amines is 1. The monoisotopic (exact) mass is 482 g/mol. The Morgan fingerprint density at radius 1 is 0.806 bits per heavy atom. The fourth-order valence-corrected chi connectivity index (χ4v) is 4.42. The molecule has 2 aromatic heterocycles. The van der Waals surface area contributed by atoms with Gasteiger partial charge in [0.15, 0.2) is 5.82 Å². The minimum atomic E-state index is -0.301. The van der Waals surface area contributed by atoms with E-state index < -0.39 is 0 Å². The number of nitrogens with zero attached hydrogens (tertiary/aromatic N) is 3. The van der Waals surface area contributed by atoms with Gasteiger partial charge in [0.1, 0.15) is 5.82 Å². The average molecular weight is 483 g/mol. The predicted octanol–water partition coefficient (Wildman–Crippen LogP) is 6.69. The lowest BCUT2D eigenvalue weighted by Gasteiger charge is -2.19. The van der Waals surface area contributed by atoms with Gasteiger partial charge in [0, 0.05) is 46.5 Å². The van der Waals surface area contributed by atoms with Gasteiger partial charge in [-0.15, -0.1) is 0 Å². The summed E-state index contributed by atoms with van der Waals surface area (Å²) in [5, 5.41) is 19.8. The third-order valence-corrected chi connectivity index (χ3v) is 6.18. The molecule has 9 nitrogen and oxygen atoms in total. The van der Waals surface area contributed by atoms with Crippen molar-refractivity contribution in [1.82, 2.24) is 20.2 Å². The van der Waals surface area contributed by atoms with Crippen molar-refractivity contribution in [3.63, 3.8) is 0 Å². The van der Waals surface area contributed by atoms with E-state index in [2.05, 4.69) is 47.5 Å². The maximum absolute atomic E-state index is 12.2. The molecule has 0 aliphatic heterocycles. The molecule has 0 unspecified atom stereocenters. The number of rotatable bonds is 7. The fourth-order valence-electron chi connectivity index (χ4n) is 4.42. The number of amides is 2. The fraction of sp³-hybridized carbons (Fsp3) is 0.259. The third kappa shape index (κ3) is 6.18. The number of urea groups is 1. The standard InChI is InChI=1S/C27H30N8O/c1-18-16-24(32-25-17-23(34-35-25)19-8-4-2-5-9-19)33-26(28-18)29-21-12-14-22(15-13-21)31-27(36)30-20-10-6-3-7-11-20/h3,6-7,10-17,19H,2,4-5,8-9H2,1H3,(H2,30,31,36)(H3,28,29,32,33,34,35). The molecule has 1 aliphatic rings. The SMILES string of the molecule is Cc1cc(Nc2cc(C3CCCCC3)[nH]n2)nc(Nc2ccc(NC(=O)Nc3ccccc3)cc2)n1. The van der Waals surface area contributed by atoms with Gasteiger partial charge in [-0.05, 0) is 56.2 Å². The number of nitrogens with one attached hydrogen (secondary N) is 5. The maximum Gasteiger partial charge on any atom is 0.323 e. The first kappa shape index (κ1) is 23.3. The van der Waals surface area contributed by atoms with Gasteiger partial charge in [0.05, 0.1) is 0 Å². The van der Waals surface area contributed by atoms with Crippen LogP contribution in [0.15, 0.2) is 66.7 Å². The first-order valence-corrected chi connectivity index (χ1v) is 12.3. The number of aryl methyl sites for hydroxylation is 1. The molecule has 4 aromatic rings. The zero-order chi connectivity index (χ0) is 24.7. The van der Waals surface area contributed by atoms with Crippen LogP contribution in [0.1, 0.15) is 49.4 Å². The summed E-state index contributed by atoms with van der Waals surface area (Å²) in [6.45, 7) is 1.93. The van der Waals surface area contributed by atoms with Crippen LogP contribution < -0.4 is 21.3 Å². The van der Waals surface area contributed by atoms with Gasteiger partial charge in [0.2, 0.25) is 5.95 Å². The van der Waals surface area contributed by atoms with Gasteiger partial charge in [-0.2, -0.15) is 10.1 Å². The second-order valence-corrected chi connectivity index (χ2v) is 9.03. The number of carbonyl (C=O) groups is 1. The number of H-pyrrole nitrogens is 1. The highest BCUT2D eigenvalue weighted by atomic mass is 16.2. The number of aromatic nitrogens is 4. The van der Waals surface area contributed by atoms with E-state index in [-0.39, 0.29) is 6.03 Å². The van der Waals surface area contributed by atoms with Crippen LogP contribution in [-0.2, 0) is 0 Å². The zero-order valence-corrected chi connectivity index (χ0v) is 20.2. The summed E-state index contributed by atoms with van der Waals surface area (Å²) < 4.78 is 0. The number of carbonyl (C=O) groups excluding carboxylic acids is 1. The van der Waals surface area contributed by atoms with E-state index in [1.54, 1.807) is 0 Å². The molecule has 0 spiro atoms. The number of hydrogen-bond donors (Lipinski definition) is 5. The normalized spacial score (nSPS) is 13.7. The van der Waals surface area contributed by atoms with Crippen LogP contribution >= 0.6 is 0 Å². The van der Waals surface area contributed by atoms with E-state index in [4.69, 9.17) is 0 Å². The molecule has 0 saturated heterocycles. The predicted molar refractivity (Wildman–Crippen MR) is 143 cm³/mol. The van der Waals surface area contributed by atoms with E-state index >= 15 is 0 Å². The Morgan fingerprint density at radius 3 is 2.25 bits per heavy atom. The van der Waals surface area contributed by atoms with Crippen LogP contribution in [-0.4, -0.2) is 26.2 Å². The summed E-state index contributed by atoms with van der Waals surface area (Å²) in [5.41, 5.74) is 4.23. The van der Waals surface area contributed by atoms with Crippen LogP contribution in [0.2, 0.25) is 0 Å². The molecule has 0 radical (unpaired) electrons. The highest BCUT2D eigenvalue weighted by Gasteiger charge is 2.18. The Balaban J connectivity index is 1.20. The van der Waals surface area contributed by atoms with Crippen molar-refractivity contribution in [2.45, 2.75) is 44.9 Å². The van der Waals surface area contributed by atoms with Crippen molar-refractivity contribution in [1.29, 1.82) is 0 Å². The molecule has 36 heavy (non-hydrogen) atoms. The molecule has 5 N–H and O–H groups in total. The number of para-hydroxylation sites is 1. The van der Waals surface area contributed by atoms with Gasteiger partial charge >= 0.3 is 6.03 Å². The van der Waals surface area contributed by atoms with Gasteiger partial charge < -0.3 is 21.3 Å². The molecule has 1 fully saturated rings. The number of benzene rings is 2. The van der Waals surface area contributed by atoms with Gasteiger partial charge in [-0.25, -0.2) is 9.78 Å². The van der Waals surface area contributed by atoms with E-state index in [1.165, 1.54) is 37.8 Å². The lowest BCUT2D eigenvalue weighted by molar-refractivity contribution is 0.262. The lowest BCUT2D eigenvalue weighted by atomic mass is 9.87. The highest BCUT2D eigenvalue weighted by molar-refractivity contribution is 5.99. The molecular weight excluding hydrogens is 452 g/mol. The quantitative estimate of drug-likeness (QED) is 0.200. The van der Waals surface area contributed by atoms with Gasteiger partial charge in [0.25, 0.3) is 0 Å². The summed E-state index contributed by atoms with van der Waals surface area (Å²) in [7, 11) is 0. The van der Waals surface area contributed by atoms with E-state index in [1.807, 2.05) is 67.6 Å². The molecule has 2 aromatic carbocycles. The summed E-state index contributed by atoms with van der Waals surface area (Å²) in [4.78, 5) is 21.3. The Bertz CT molecular complexity index is 1300. The van der Waals surface area contributed by atoms with Crippen molar-refractivity contribution >= 4 is 40.7 Å². The Kier molecular flexibility index (Phi) is 7.07. The summed E-state index contributed by atoms with van der Waals surface area (Å²) in [6.07, 6.45) is 6.33. The van der Waals surface area contributed by atoms with Crippen molar-refractivity contribution in [3.05, 3.63) is 78.1 Å². The first-order chi connectivity index (χ1) is 17.6. The van der Waals surface area contributed by atoms with Crippen molar-refractivity contribution in [3.8, 4) is 0 Å². The minimum absolute atomic E-state index is 0.301. The van der Waals surface area contributed by atoms with E-state index in [0.717, 1.165) is 22.9 Å². The molecule has 0 atom stereocenters. The average Bonchev–Trinajstić information content (AvgIpc) is 3.34.